The Morgan fingerprint density at radius 1 is 1.20 bits per heavy atom. The minimum absolute atomic E-state index is 0. The third kappa shape index (κ3) is 6.72. The number of halogens is 1. The Bertz CT molecular complexity index is 671. The van der Waals surface area contributed by atoms with E-state index in [0.29, 0.717) is 0 Å². The van der Waals surface area contributed by atoms with Crippen LogP contribution in [0.5, 0.6) is 5.75 Å². The van der Waals surface area contributed by atoms with Crippen molar-refractivity contribution in [2.45, 2.75) is 51.5 Å². The van der Waals surface area contributed by atoms with Gasteiger partial charge in [-0.15, -0.1) is 24.0 Å². The van der Waals surface area contributed by atoms with E-state index in [4.69, 9.17) is 14.5 Å². The van der Waals surface area contributed by atoms with Crippen molar-refractivity contribution < 1.29 is 9.47 Å². The van der Waals surface area contributed by atoms with Crippen molar-refractivity contribution in [2.75, 3.05) is 53.0 Å². The number of hydrogen-bond acceptors (Lipinski definition) is 4. The molecule has 2 aliphatic heterocycles. The van der Waals surface area contributed by atoms with Gasteiger partial charge in [-0.25, -0.2) is 0 Å². The Labute approximate surface area is 199 Å². The molecule has 0 aromatic heterocycles. The predicted molar refractivity (Wildman–Crippen MR) is 134 cm³/mol. The number of guanidine groups is 1. The minimum Gasteiger partial charge on any atom is -0.496 e. The summed E-state index contributed by atoms with van der Waals surface area (Å²) in [5, 5.41) is 6.94. The lowest BCUT2D eigenvalue weighted by molar-refractivity contribution is -0.0139. The lowest BCUT2D eigenvalue weighted by atomic mass is 9.88. The SMILES string of the molecule is CCNC(=NCC1(N2CCCC2)CCOCC1)NCCc1cc(C)ccc1OC.I. The van der Waals surface area contributed by atoms with Crippen LogP contribution in [0.4, 0.5) is 0 Å². The fraction of sp³-hybridized carbons (Fsp3) is 0.696. The molecule has 170 valence electrons. The van der Waals surface area contributed by atoms with Crippen LogP contribution in [0.3, 0.4) is 0 Å². The van der Waals surface area contributed by atoms with Crippen LogP contribution in [-0.2, 0) is 11.2 Å². The van der Waals surface area contributed by atoms with E-state index in [1.165, 1.54) is 37.1 Å². The highest BCUT2D eigenvalue weighted by atomic mass is 127. The summed E-state index contributed by atoms with van der Waals surface area (Å²) in [6, 6.07) is 6.34. The number of rotatable bonds is 8. The molecule has 30 heavy (non-hydrogen) atoms. The van der Waals surface area contributed by atoms with E-state index in [1.54, 1.807) is 7.11 Å². The number of nitrogens with one attached hydrogen (secondary N) is 2. The van der Waals surface area contributed by atoms with Crippen LogP contribution in [0.2, 0.25) is 0 Å². The summed E-state index contributed by atoms with van der Waals surface area (Å²) in [6.45, 7) is 10.9. The molecule has 0 spiro atoms. The van der Waals surface area contributed by atoms with Crippen LogP contribution in [0.25, 0.3) is 0 Å². The van der Waals surface area contributed by atoms with E-state index in [1.807, 2.05) is 0 Å². The van der Waals surface area contributed by atoms with E-state index in [9.17, 15) is 0 Å². The first-order valence-electron chi connectivity index (χ1n) is 11.2. The molecule has 2 heterocycles. The highest BCUT2D eigenvalue weighted by Gasteiger charge is 2.39. The van der Waals surface area contributed by atoms with Crippen molar-refractivity contribution in [1.29, 1.82) is 0 Å². The minimum atomic E-state index is 0. The fourth-order valence-corrected chi connectivity index (χ4v) is 4.50. The van der Waals surface area contributed by atoms with Gasteiger partial charge < -0.3 is 20.1 Å². The second-order valence-electron chi connectivity index (χ2n) is 8.22. The maximum Gasteiger partial charge on any atom is 0.191 e. The van der Waals surface area contributed by atoms with Gasteiger partial charge in [0.15, 0.2) is 5.96 Å². The van der Waals surface area contributed by atoms with Gasteiger partial charge in [0, 0.05) is 31.8 Å². The summed E-state index contributed by atoms with van der Waals surface area (Å²) >= 11 is 0. The zero-order valence-corrected chi connectivity index (χ0v) is 21.2. The van der Waals surface area contributed by atoms with E-state index in [-0.39, 0.29) is 29.5 Å². The van der Waals surface area contributed by atoms with Gasteiger partial charge >= 0.3 is 0 Å². The van der Waals surface area contributed by atoms with Crippen molar-refractivity contribution in [3.8, 4) is 5.75 Å². The standard InChI is InChI=1S/C23H38N4O2.HI/c1-4-24-22(25-12-9-20-17-19(2)7-8-21(20)28-3)26-18-23(10-15-29-16-11-23)27-13-5-6-14-27;/h7-8,17H,4-6,9-16,18H2,1-3H3,(H2,24,25,26);1H. The molecule has 0 aliphatic carbocycles. The Morgan fingerprint density at radius 3 is 2.60 bits per heavy atom. The molecule has 0 bridgehead atoms. The van der Waals surface area contributed by atoms with Crippen LogP contribution < -0.4 is 15.4 Å². The van der Waals surface area contributed by atoms with Gasteiger partial charge in [-0.3, -0.25) is 9.89 Å². The quantitative estimate of drug-likeness (QED) is 0.307. The van der Waals surface area contributed by atoms with Crippen LogP contribution in [0, 0.1) is 6.92 Å². The van der Waals surface area contributed by atoms with Crippen LogP contribution in [0.15, 0.2) is 23.2 Å². The number of ether oxygens (including phenoxy) is 2. The molecule has 0 amide bonds. The average molecular weight is 530 g/mol. The van der Waals surface area contributed by atoms with Crippen LogP contribution in [0.1, 0.15) is 43.7 Å². The number of benzene rings is 1. The Hall–Kier alpha value is -1.06. The zero-order chi connectivity index (χ0) is 20.5. The highest BCUT2D eigenvalue weighted by molar-refractivity contribution is 14.0. The predicted octanol–water partition coefficient (Wildman–Crippen LogP) is 3.36. The van der Waals surface area contributed by atoms with Gasteiger partial charge in [-0.2, -0.15) is 0 Å². The van der Waals surface area contributed by atoms with Gasteiger partial charge in [0.2, 0.25) is 0 Å². The van der Waals surface area contributed by atoms with E-state index in [2.05, 4.69) is 47.6 Å². The van der Waals surface area contributed by atoms with E-state index in [0.717, 1.165) is 63.8 Å². The molecule has 3 rings (SSSR count). The average Bonchev–Trinajstić information content (AvgIpc) is 3.28. The van der Waals surface area contributed by atoms with Gasteiger partial charge in [-0.1, -0.05) is 17.7 Å². The number of methoxy groups -OCH3 is 1. The number of likely N-dealkylation sites (tertiary alicyclic amines) is 1. The smallest absolute Gasteiger partial charge is 0.191 e. The summed E-state index contributed by atoms with van der Waals surface area (Å²) < 4.78 is 11.2. The third-order valence-corrected chi connectivity index (χ3v) is 6.20. The van der Waals surface area contributed by atoms with Gasteiger partial charge in [-0.05, 0) is 70.7 Å². The first-order chi connectivity index (χ1) is 14.2. The molecular formula is C23H39IN4O2. The summed E-state index contributed by atoms with van der Waals surface area (Å²) in [6.07, 6.45) is 5.68. The molecule has 0 atom stereocenters. The molecule has 2 fully saturated rings. The number of hydrogen-bond donors (Lipinski definition) is 2. The Kier molecular flexibility index (Phi) is 10.7. The van der Waals surface area contributed by atoms with Crippen molar-refractivity contribution in [3.63, 3.8) is 0 Å². The summed E-state index contributed by atoms with van der Waals surface area (Å²) in [5.41, 5.74) is 2.65. The molecular weight excluding hydrogens is 491 g/mol. The summed E-state index contributed by atoms with van der Waals surface area (Å²) in [7, 11) is 1.73. The highest BCUT2D eigenvalue weighted by Crippen LogP contribution is 2.31. The Morgan fingerprint density at radius 2 is 1.93 bits per heavy atom. The van der Waals surface area contributed by atoms with Crippen molar-refractivity contribution >= 4 is 29.9 Å². The van der Waals surface area contributed by atoms with Crippen molar-refractivity contribution in [3.05, 3.63) is 29.3 Å². The normalized spacial score (nSPS) is 19.2. The lowest BCUT2D eigenvalue weighted by Gasteiger charge is -2.43. The third-order valence-electron chi connectivity index (χ3n) is 6.20. The molecule has 7 heteroatoms. The maximum absolute atomic E-state index is 5.67. The fourth-order valence-electron chi connectivity index (χ4n) is 4.50. The second-order valence-corrected chi connectivity index (χ2v) is 8.22. The summed E-state index contributed by atoms with van der Waals surface area (Å²) in [4.78, 5) is 7.68. The van der Waals surface area contributed by atoms with E-state index < -0.39 is 0 Å². The first kappa shape index (κ1) is 25.2. The van der Waals surface area contributed by atoms with Gasteiger partial charge in [0.25, 0.3) is 0 Å². The number of aryl methyl sites for hydroxylation is 1. The Balaban J connectivity index is 0.00000320. The molecule has 1 aromatic rings. The van der Waals surface area contributed by atoms with Crippen molar-refractivity contribution in [1.82, 2.24) is 15.5 Å². The van der Waals surface area contributed by atoms with Crippen molar-refractivity contribution in [2.24, 2.45) is 4.99 Å². The van der Waals surface area contributed by atoms with Gasteiger partial charge in [0.1, 0.15) is 5.75 Å². The van der Waals surface area contributed by atoms with Crippen LogP contribution in [-0.4, -0.2) is 69.4 Å². The zero-order valence-electron chi connectivity index (χ0n) is 18.8. The first-order valence-corrected chi connectivity index (χ1v) is 11.2. The molecule has 1 aromatic carbocycles. The largest absolute Gasteiger partial charge is 0.496 e. The molecule has 0 saturated carbocycles. The van der Waals surface area contributed by atoms with E-state index >= 15 is 0 Å². The molecule has 6 nitrogen and oxygen atoms in total. The molecule has 2 saturated heterocycles. The molecule has 2 aliphatic rings. The molecule has 0 unspecified atom stereocenters. The monoisotopic (exact) mass is 530 g/mol. The van der Waals surface area contributed by atoms with Crippen LogP contribution >= 0.6 is 24.0 Å². The van der Waals surface area contributed by atoms with Gasteiger partial charge in [0.05, 0.1) is 13.7 Å². The lowest BCUT2D eigenvalue weighted by Crippen LogP contribution is -2.54. The maximum atomic E-state index is 5.67. The number of aliphatic imine (C=N–C) groups is 1. The topological polar surface area (TPSA) is 58.1 Å². The number of nitrogens with zero attached hydrogens (tertiary/aromatic N) is 2. The second kappa shape index (κ2) is 12.7. The molecule has 2 N–H and O–H groups in total. The summed E-state index contributed by atoms with van der Waals surface area (Å²) in [5.74, 6) is 1.86. The molecule has 0 radical (unpaired) electrons.